The Morgan fingerprint density at radius 1 is 1.33 bits per heavy atom. The first-order valence-corrected chi connectivity index (χ1v) is 7.17. The Morgan fingerprint density at radius 3 is 2.78 bits per heavy atom. The quantitative estimate of drug-likeness (QED) is 0.686. The summed E-state index contributed by atoms with van der Waals surface area (Å²) in [6, 6.07) is 8.08. The van der Waals surface area contributed by atoms with Crippen LogP contribution in [-0.2, 0) is 6.42 Å². The lowest BCUT2D eigenvalue weighted by molar-refractivity contribution is 0.910. The number of pyridine rings is 1. The third-order valence-electron chi connectivity index (χ3n) is 2.75. The highest BCUT2D eigenvalue weighted by molar-refractivity contribution is 9.10. The number of hydrogen-bond donors (Lipinski definition) is 0. The molecule has 0 fully saturated rings. The molecule has 0 spiro atoms. The molecule has 0 radical (unpaired) electrons. The second-order valence-electron chi connectivity index (χ2n) is 4.16. The summed E-state index contributed by atoms with van der Waals surface area (Å²) in [6.45, 7) is 2.05. The number of rotatable bonds is 3. The Kier molecular flexibility index (Phi) is 4.66. The van der Waals surface area contributed by atoms with E-state index in [2.05, 4.69) is 40.0 Å². The fourth-order valence-electron chi connectivity index (χ4n) is 1.76. The standard InChI is InChI=1S/C14H12BrCl2N/c1-9-2-3-11(12(15)6-9)13(16)7-10-4-5-18-8-14(10)17/h2-6,8,13H,7H2,1H3. The zero-order valence-corrected chi connectivity index (χ0v) is 12.9. The predicted molar refractivity (Wildman–Crippen MR) is 80.4 cm³/mol. The van der Waals surface area contributed by atoms with Crippen molar-refractivity contribution in [2.45, 2.75) is 18.7 Å². The predicted octanol–water partition coefficient (Wildman–Crippen LogP) is 5.33. The zero-order valence-electron chi connectivity index (χ0n) is 9.83. The van der Waals surface area contributed by atoms with Gasteiger partial charge >= 0.3 is 0 Å². The van der Waals surface area contributed by atoms with Gasteiger partial charge in [-0.05, 0) is 42.2 Å². The lowest BCUT2D eigenvalue weighted by Gasteiger charge is -2.13. The number of benzene rings is 1. The number of nitrogens with zero attached hydrogens (tertiary/aromatic N) is 1. The average Bonchev–Trinajstić information content (AvgIpc) is 2.32. The number of alkyl halides is 1. The van der Waals surface area contributed by atoms with E-state index >= 15 is 0 Å². The number of aryl methyl sites for hydroxylation is 1. The first kappa shape index (κ1) is 13.9. The first-order chi connectivity index (χ1) is 8.58. The van der Waals surface area contributed by atoms with Crippen LogP contribution in [0.25, 0.3) is 0 Å². The van der Waals surface area contributed by atoms with Crippen molar-refractivity contribution in [1.82, 2.24) is 4.98 Å². The second kappa shape index (κ2) is 6.05. The lowest BCUT2D eigenvalue weighted by atomic mass is 10.0. The summed E-state index contributed by atoms with van der Waals surface area (Å²) >= 11 is 16.1. The molecule has 1 atom stereocenters. The topological polar surface area (TPSA) is 12.9 Å². The molecule has 1 unspecified atom stereocenters. The molecule has 94 valence electrons. The number of hydrogen-bond acceptors (Lipinski definition) is 1. The van der Waals surface area contributed by atoms with E-state index in [1.807, 2.05) is 12.1 Å². The Hall–Kier alpha value is -0.570. The van der Waals surface area contributed by atoms with Gasteiger partial charge in [-0.1, -0.05) is 39.7 Å². The molecule has 0 aliphatic heterocycles. The van der Waals surface area contributed by atoms with Gasteiger partial charge in [-0.3, -0.25) is 4.98 Å². The Bertz CT molecular complexity index is 557. The van der Waals surface area contributed by atoms with Gasteiger partial charge < -0.3 is 0 Å². The molecular formula is C14H12BrCl2N. The molecule has 4 heteroatoms. The highest BCUT2D eigenvalue weighted by atomic mass is 79.9. The maximum absolute atomic E-state index is 6.46. The van der Waals surface area contributed by atoms with Gasteiger partial charge in [0.2, 0.25) is 0 Å². The molecule has 0 bridgehead atoms. The average molecular weight is 345 g/mol. The van der Waals surface area contributed by atoms with Crippen LogP contribution in [0.1, 0.15) is 22.1 Å². The van der Waals surface area contributed by atoms with Crippen LogP contribution in [0.3, 0.4) is 0 Å². The molecule has 18 heavy (non-hydrogen) atoms. The van der Waals surface area contributed by atoms with Gasteiger partial charge in [0.15, 0.2) is 0 Å². The van der Waals surface area contributed by atoms with Crippen LogP contribution < -0.4 is 0 Å². The molecule has 2 rings (SSSR count). The van der Waals surface area contributed by atoms with Gasteiger partial charge in [0.1, 0.15) is 0 Å². The van der Waals surface area contributed by atoms with E-state index in [1.54, 1.807) is 12.4 Å². The smallest absolute Gasteiger partial charge is 0.0637 e. The molecular weight excluding hydrogens is 333 g/mol. The summed E-state index contributed by atoms with van der Waals surface area (Å²) < 4.78 is 1.03. The molecule has 0 saturated carbocycles. The van der Waals surface area contributed by atoms with Gasteiger partial charge in [-0.25, -0.2) is 0 Å². The van der Waals surface area contributed by atoms with Crippen LogP contribution in [0, 0.1) is 6.92 Å². The summed E-state index contributed by atoms with van der Waals surface area (Å²) in [7, 11) is 0. The summed E-state index contributed by atoms with van der Waals surface area (Å²) in [5.41, 5.74) is 3.30. The third-order valence-corrected chi connectivity index (χ3v) is 4.17. The number of halogens is 3. The minimum Gasteiger partial charge on any atom is -0.263 e. The maximum Gasteiger partial charge on any atom is 0.0637 e. The van der Waals surface area contributed by atoms with E-state index in [0.29, 0.717) is 11.4 Å². The molecule has 1 heterocycles. The molecule has 2 aromatic rings. The summed E-state index contributed by atoms with van der Waals surface area (Å²) in [6.07, 6.45) is 4.06. The fourth-order valence-corrected chi connectivity index (χ4v) is 3.21. The van der Waals surface area contributed by atoms with Crippen molar-refractivity contribution >= 4 is 39.1 Å². The molecule has 1 nitrogen and oxygen atoms in total. The highest BCUT2D eigenvalue weighted by Gasteiger charge is 2.14. The van der Waals surface area contributed by atoms with Crippen LogP contribution in [0.2, 0.25) is 5.02 Å². The number of aromatic nitrogens is 1. The minimum absolute atomic E-state index is 0.111. The van der Waals surface area contributed by atoms with E-state index in [9.17, 15) is 0 Å². The van der Waals surface area contributed by atoms with Crippen molar-refractivity contribution in [3.05, 3.63) is 62.8 Å². The second-order valence-corrected chi connectivity index (χ2v) is 5.95. The van der Waals surface area contributed by atoms with Crippen molar-refractivity contribution < 1.29 is 0 Å². The zero-order chi connectivity index (χ0) is 13.1. The molecule has 0 aliphatic rings. The van der Waals surface area contributed by atoms with E-state index in [0.717, 1.165) is 15.6 Å². The van der Waals surface area contributed by atoms with Crippen LogP contribution in [0.15, 0.2) is 41.1 Å². The Balaban J connectivity index is 2.22. The highest BCUT2D eigenvalue weighted by Crippen LogP contribution is 2.32. The van der Waals surface area contributed by atoms with E-state index in [1.165, 1.54) is 5.56 Å². The lowest BCUT2D eigenvalue weighted by Crippen LogP contribution is -1.98. The van der Waals surface area contributed by atoms with Gasteiger partial charge in [-0.2, -0.15) is 0 Å². The minimum atomic E-state index is -0.111. The van der Waals surface area contributed by atoms with Crippen molar-refractivity contribution in [2.24, 2.45) is 0 Å². The molecule has 0 N–H and O–H groups in total. The molecule has 0 aliphatic carbocycles. The summed E-state index contributed by atoms with van der Waals surface area (Å²) in [5, 5.41) is 0.547. The molecule has 1 aromatic carbocycles. The van der Waals surface area contributed by atoms with Crippen LogP contribution in [0.4, 0.5) is 0 Å². The monoisotopic (exact) mass is 343 g/mol. The van der Waals surface area contributed by atoms with Gasteiger partial charge in [0.05, 0.1) is 10.4 Å². The normalized spacial score (nSPS) is 12.4. The summed E-state index contributed by atoms with van der Waals surface area (Å²) in [5.74, 6) is 0. The molecule has 1 aromatic heterocycles. The van der Waals surface area contributed by atoms with Gasteiger partial charge in [0, 0.05) is 16.9 Å². The van der Waals surface area contributed by atoms with E-state index in [-0.39, 0.29) is 5.38 Å². The van der Waals surface area contributed by atoms with Crippen LogP contribution in [0.5, 0.6) is 0 Å². The Labute approximate surface area is 125 Å². The van der Waals surface area contributed by atoms with Crippen molar-refractivity contribution in [3.8, 4) is 0 Å². The van der Waals surface area contributed by atoms with Crippen LogP contribution >= 0.6 is 39.1 Å². The van der Waals surface area contributed by atoms with E-state index < -0.39 is 0 Å². The van der Waals surface area contributed by atoms with E-state index in [4.69, 9.17) is 23.2 Å². The van der Waals surface area contributed by atoms with Gasteiger partial charge in [-0.15, -0.1) is 11.6 Å². The van der Waals surface area contributed by atoms with Gasteiger partial charge in [0.25, 0.3) is 0 Å². The Morgan fingerprint density at radius 2 is 2.11 bits per heavy atom. The van der Waals surface area contributed by atoms with Crippen molar-refractivity contribution in [2.75, 3.05) is 0 Å². The van der Waals surface area contributed by atoms with Crippen molar-refractivity contribution in [3.63, 3.8) is 0 Å². The largest absolute Gasteiger partial charge is 0.263 e. The third kappa shape index (κ3) is 3.25. The van der Waals surface area contributed by atoms with Crippen molar-refractivity contribution in [1.29, 1.82) is 0 Å². The molecule has 0 saturated heterocycles. The molecule has 0 amide bonds. The summed E-state index contributed by atoms with van der Waals surface area (Å²) in [4.78, 5) is 3.97. The van der Waals surface area contributed by atoms with Crippen LogP contribution in [-0.4, -0.2) is 4.98 Å². The first-order valence-electron chi connectivity index (χ1n) is 5.56. The SMILES string of the molecule is Cc1ccc(C(Cl)Cc2ccncc2Cl)c(Br)c1. The maximum atomic E-state index is 6.46. The fraction of sp³-hybridized carbons (Fsp3) is 0.214.